The highest BCUT2D eigenvalue weighted by molar-refractivity contribution is 5.92. The van der Waals surface area contributed by atoms with E-state index >= 15 is 0 Å². The number of carbonyl (C=O) groups is 1. The summed E-state index contributed by atoms with van der Waals surface area (Å²) in [5.74, 6) is 0.0542. The molecule has 3 nitrogen and oxygen atoms in total. The molecule has 90 valence electrons. The summed E-state index contributed by atoms with van der Waals surface area (Å²) in [5.41, 5.74) is 8.04. The lowest BCUT2D eigenvalue weighted by molar-refractivity contribution is -0.124. The Bertz CT molecular complexity index is 422. The predicted molar refractivity (Wildman–Crippen MR) is 69.4 cm³/mol. The zero-order valence-electron chi connectivity index (χ0n) is 10.1. The van der Waals surface area contributed by atoms with Gasteiger partial charge in [-0.05, 0) is 25.0 Å². The highest BCUT2D eigenvalue weighted by Crippen LogP contribution is 2.09. The van der Waals surface area contributed by atoms with Gasteiger partial charge >= 0.3 is 0 Å². The molecule has 17 heavy (non-hydrogen) atoms. The van der Waals surface area contributed by atoms with Gasteiger partial charge in [-0.1, -0.05) is 29.8 Å². The molecule has 3 heteroatoms. The van der Waals surface area contributed by atoms with Crippen molar-refractivity contribution in [2.45, 2.75) is 19.4 Å². The van der Waals surface area contributed by atoms with Crippen molar-refractivity contribution in [3.8, 4) is 0 Å². The van der Waals surface area contributed by atoms with Crippen molar-refractivity contribution < 1.29 is 4.79 Å². The average Bonchev–Trinajstić information content (AvgIpc) is 2.75. The second-order valence-electron chi connectivity index (χ2n) is 4.58. The summed E-state index contributed by atoms with van der Waals surface area (Å²) >= 11 is 0. The average molecular weight is 230 g/mol. The van der Waals surface area contributed by atoms with Crippen LogP contribution in [-0.2, 0) is 4.79 Å². The van der Waals surface area contributed by atoms with E-state index in [-0.39, 0.29) is 11.9 Å². The highest BCUT2D eigenvalue weighted by Gasteiger charge is 2.21. The standard InChI is InChI=1S/C14H18N2O/c1-11-2-4-12(5-3-11)6-7-14(17)16-9-8-13(15)10-16/h2-7,13H,8-10,15H2,1H3. The van der Waals surface area contributed by atoms with Gasteiger partial charge < -0.3 is 10.6 Å². The minimum absolute atomic E-state index is 0.0542. The normalized spacial score (nSPS) is 20.1. The molecule has 1 heterocycles. The fourth-order valence-corrected chi connectivity index (χ4v) is 1.94. The van der Waals surface area contributed by atoms with Crippen molar-refractivity contribution in [3.05, 3.63) is 41.5 Å². The molecule has 1 amide bonds. The molecule has 1 aliphatic rings. The summed E-state index contributed by atoms with van der Waals surface area (Å²) < 4.78 is 0. The highest BCUT2D eigenvalue weighted by atomic mass is 16.2. The molecule has 1 unspecified atom stereocenters. The van der Waals surface area contributed by atoms with Crippen LogP contribution in [0.15, 0.2) is 30.3 Å². The van der Waals surface area contributed by atoms with E-state index in [0.29, 0.717) is 6.54 Å². The molecule has 0 spiro atoms. The molecule has 1 saturated heterocycles. The molecule has 0 aliphatic carbocycles. The second kappa shape index (κ2) is 5.15. The second-order valence-corrected chi connectivity index (χ2v) is 4.58. The van der Waals surface area contributed by atoms with Crippen molar-refractivity contribution >= 4 is 12.0 Å². The Morgan fingerprint density at radius 2 is 2.12 bits per heavy atom. The first-order chi connectivity index (χ1) is 8.15. The van der Waals surface area contributed by atoms with Gasteiger partial charge in [0.1, 0.15) is 0 Å². The molecule has 1 aromatic carbocycles. The van der Waals surface area contributed by atoms with Gasteiger partial charge in [0.05, 0.1) is 0 Å². The maximum Gasteiger partial charge on any atom is 0.246 e. The summed E-state index contributed by atoms with van der Waals surface area (Å²) in [6, 6.07) is 8.24. The lowest BCUT2D eigenvalue weighted by Gasteiger charge is -2.12. The van der Waals surface area contributed by atoms with Crippen LogP contribution in [0, 0.1) is 6.92 Å². The van der Waals surface area contributed by atoms with E-state index in [1.807, 2.05) is 37.3 Å². The van der Waals surface area contributed by atoms with E-state index in [1.54, 1.807) is 11.0 Å². The molecule has 0 radical (unpaired) electrons. The van der Waals surface area contributed by atoms with E-state index in [2.05, 4.69) is 0 Å². The van der Waals surface area contributed by atoms with Crippen molar-refractivity contribution in [1.82, 2.24) is 4.90 Å². The third kappa shape index (κ3) is 3.17. The van der Waals surface area contributed by atoms with E-state index in [9.17, 15) is 4.79 Å². The van der Waals surface area contributed by atoms with Crippen molar-refractivity contribution in [2.24, 2.45) is 5.73 Å². The van der Waals surface area contributed by atoms with E-state index in [1.165, 1.54) is 5.56 Å². The quantitative estimate of drug-likeness (QED) is 0.784. The van der Waals surface area contributed by atoms with Crippen LogP contribution in [0.1, 0.15) is 17.5 Å². The van der Waals surface area contributed by atoms with Crippen molar-refractivity contribution in [3.63, 3.8) is 0 Å². The van der Waals surface area contributed by atoms with Crippen LogP contribution in [-0.4, -0.2) is 29.9 Å². The molecule has 2 N–H and O–H groups in total. The SMILES string of the molecule is Cc1ccc(C=CC(=O)N2CCC(N)C2)cc1. The molecule has 1 fully saturated rings. The van der Waals surface area contributed by atoms with Crippen LogP contribution in [0.5, 0.6) is 0 Å². The Labute approximate surface area is 102 Å². The Balaban J connectivity index is 1.96. The van der Waals surface area contributed by atoms with Gasteiger partial charge in [0.15, 0.2) is 0 Å². The molecule has 1 aliphatic heterocycles. The summed E-state index contributed by atoms with van der Waals surface area (Å²) in [7, 11) is 0. The number of nitrogens with two attached hydrogens (primary N) is 1. The summed E-state index contributed by atoms with van der Waals surface area (Å²) in [6.45, 7) is 3.50. The van der Waals surface area contributed by atoms with Crippen molar-refractivity contribution in [2.75, 3.05) is 13.1 Å². The number of amides is 1. The number of rotatable bonds is 2. The number of likely N-dealkylation sites (tertiary alicyclic amines) is 1. The lowest BCUT2D eigenvalue weighted by atomic mass is 10.1. The molecule has 0 bridgehead atoms. The van der Waals surface area contributed by atoms with Crippen LogP contribution >= 0.6 is 0 Å². The minimum atomic E-state index is 0.0542. The number of aryl methyl sites for hydroxylation is 1. The molecule has 1 atom stereocenters. The zero-order valence-corrected chi connectivity index (χ0v) is 10.1. The van der Waals surface area contributed by atoms with Crippen LogP contribution < -0.4 is 5.73 Å². The number of carbonyl (C=O) groups excluding carboxylic acids is 1. The first-order valence-electron chi connectivity index (χ1n) is 5.94. The van der Waals surface area contributed by atoms with Gasteiger partial charge in [0.2, 0.25) is 5.91 Å². The fraction of sp³-hybridized carbons (Fsp3) is 0.357. The summed E-state index contributed by atoms with van der Waals surface area (Å²) in [4.78, 5) is 13.6. The van der Waals surface area contributed by atoms with Crippen LogP contribution in [0.3, 0.4) is 0 Å². The number of benzene rings is 1. The predicted octanol–water partition coefficient (Wildman–Crippen LogP) is 1.57. The Morgan fingerprint density at radius 3 is 2.71 bits per heavy atom. The molecular weight excluding hydrogens is 212 g/mol. The third-order valence-corrected chi connectivity index (χ3v) is 3.03. The molecule has 1 aromatic rings. The summed E-state index contributed by atoms with van der Waals surface area (Å²) in [5, 5.41) is 0. The Morgan fingerprint density at radius 1 is 1.41 bits per heavy atom. The van der Waals surface area contributed by atoms with Gasteiger partial charge in [-0.3, -0.25) is 4.79 Å². The molecule has 0 aromatic heterocycles. The summed E-state index contributed by atoms with van der Waals surface area (Å²) in [6.07, 6.45) is 4.39. The van der Waals surface area contributed by atoms with Gasteiger partial charge in [-0.15, -0.1) is 0 Å². The maximum atomic E-state index is 11.8. The number of hydrogen-bond acceptors (Lipinski definition) is 2. The van der Waals surface area contributed by atoms with E-state index in [4.69, 9.17) is 5.73 Å². The first kappa shape index (κ1) is 11.9. The number of nitrogens with zero attached hydrogens (tertiary/aromatic N) is 1. The Hall–Kier alpha value is -1.61. The maximum absolute atomic E-state index is 11.8. The zero-order chi connectivity index (χ0) is 12.3. The van der Waals surface area contributed by atoms with Gasteiger partial charge in [0, 0.05) is 25.2 Å². The monoisotopic (exact) mass is 230 g/mol. The van der Waals surface area contributed by atoms with Gasteiger partial charge in [-0.2, -0.15) is 0 Å². The third-order valence-electron chi connectivity index (χ3n) is 3.03. The van der Waals surface area contributed by atoms with Crippen LogP contribution in [0.2, 0.25) is 0 Å². The smallest absolute Gasteiger partial charge is 0.246 e. The largest absolute Gasteiger partial charge is 0.338 e. The topological polar surface area (TPSA) is 46.3 Å². The van der Waals surface area contributed by atoms with Crippen LogP contribution in [0.4, 0.5) is 0 Å². The molecular formula is C14H18N2O. The Kier molecular flexibility index (Phi) is 3.59. The first-order valence-corrected chi connectivity index (χ1v) is 5.94. The van der Waals surface area contributed by atoms with E-state index < -0.39 is 0 Å². The van der Waals surface area contributed by atoms with Crippen LogP contribution in [0.25, 0.3) is 6.08 Å². The van der Waals surface area contributed by atoms with Crippen molar-refractivity contribution in [1.29, 1.82) is 0 Å². The lowest BCUT2D eigenvalue weighted by Crippen LogP contribution is -2.30. The number of hydrogen-bond donors (Lipinski definition) is 1. The van der Waals surface area contributed by atoms with Gasteiger partial charge in [-0.25, -0.2) is 0 Å². The minimum Gasteiger partial charge on any atom is -0.338 e. The van der Waals surface area contributed by atoms with Gasteiger partial charge in [0.25, 0.3) is 0 Å². The van der Waals surface area contributed by atoms with E-state index in [0.717, 1.165) is 18.5 Å². The fourth-order valence-electron chi connectivity index (χ4n) is 1.94. The molecule has 0 saturated carbocycles. The molecule has 2 rings (SSSR count).